The zero-order valence-electron chi connectivity index (χ0n) is 13.6. The summed E-state index contributed by atoms with van der Waals surface area (Å²) in [6, 6.07) is 14.0. The Morgan fingerprint density at radius 3 is 2.67 bits per heavy atom. The number of hydrogen-bond donors (Lipinski definition) is 1. The van der Waals surface area contributed by atoms with Crippen LogP contribution in [0.2, 0.25) is 10.0 Å². The van der Waals surface area contributed by atoms with Crippen LogP contribution in [0, 0.1) is 6.92 Å². The van der Waals surface area contributed by atoms with Crippen LogP contribution >= 0.6 is 35.0 Å². The highest BCUT2D eigenvalue weighted by atomic mass is 35.5. The lowest BCUT2D eigenvalue weighted by molar-refractivity contribution is -0.120. The van der Waals surface area contributed by atoms with Crippen LogP contribution in [0.1, 0.15) is 23.1 Å². The van der Waals surface area contributed by atoms with Gasteiger partial charge in [0.2, 0.25) is 5.91 Å². The van der Waals surface area contributed by atoms with E-state index in [2.05, 4.69) is 36.5 Å². The number of halogens is 2. The molecule has 2 nitrogen and oxygen atoms in total. The standard InChI is InChI=1S/C19H21Cl2NOS/c1-14-3-2-4-16(11-14)13-24-10-9-22-19(23)8-6-15-5-7-17(20)18(21)12-15/h2-5,7,11-12H,6,8-10,13H2,1H3,(H,22,23). The van der Waals surface area contributed by atoms with Gasteiger partial charge in [-0.15, -0.1) is 0 Å². The monoisotopic (exact) mass is 381 g/mol. The SMILES string of the molecule is Cc1cccc(CSCCNC(=O)CCc2ccc(Cl)c(Cl)c2)c1. The van der Waals surface area contributed by atoms with Crippen LogP contribution in [0.15, 0.2) is 42.5 Å². The number of thioether (sulfide) groups is 1. The van der Waals surface area contributed by atoms with E-state index in [0.29, 0.717) is 29.4 Å². The lowest BCUT2D eigenvalue weighted by Crippen LogP contribution is -2.25. The van der Waals surface area contributed by atoms with Gasteiger partial charge in [-0.05, 0) is 36.6 Å². The molecule has 0 aliphatic rings. The van der Waals surface area contributed by atoms with Gasteiger partial charge in [-0.1, -0.05) is 59.1 Å². The second-order valence-corrected chi connectivity index (χ2v) is 7.56. The van der Waals surface area contributed by atoms with E-state index in [0.717, 1.165) is 17.1 Å². The second-order valence-electron chi connectivity index (χ2n) is 5.64. The van der Waals surface area contributed by atoms with Gasteiger partial charge in [0.1, 0.15) is 0 Å². The number of aryl methyl sites for hydroxylation is 2. The first kappa shape index (κ1) is 19.2. The average Bonchev–Trinajstić information content (AvgIpc) is 2.56. The lowest BCUT2D eigenvalue weighted by Gasteiger charge is -2.07. The van der Waals surface area contributed by atoms with E-state index in [9.17, 15) is 4.79 Å². The number of hydrogen-bond acceptors (Lipinski definition) is 2. The summed E-state index contributed by atoms with van der Waals surface area (Å²) in [6.07, 6.45) is 1.12. The number of rotatable bonds is 8. The predicted molar refractivity (Wildman–Crippen MR) is 105 cm³/mol. The molecule has 0 bridgehead atoms. The summed E-state index contributed by atoms with van der Waals surface area (Å²) in [5.74, 6) is 1.95. The first-order valence-electron chi connectivity index (χ1n) is 7.88. The van der Waals surface area contributed by atoms with E-state index < -0.39 is 0 Å². The maximum atomic E-state index is 11.9. The van der Waals surface area contributed by atoms with Gasteiger partial charge in [-0.3, -0.25) is 4.79 Å². The van der Waals surface area contributed by atoms with Crippen LogP contribution in [0.25, 0.3) is 0 Å². The quantitative estimate of drug-likeness (QED) is 0.629. The van der Waals surface area contributed by atoms with Crippen molar-refractivity contribution in [2.75, 3.05) is 12.3 Å². The van der Waals surface area contributed by atoms with E-state index in [4.69, 9.17) is 23.2 Å². The minimum Gasteiger partial charge on any atom is -0.355 e. The van der Waals surface area contributed by atoms with Gasteiger partial charge in [-0.25, -0.2) is 0 Å². The Labute approximate surface area is 157 Å². The Kier molecular flexibility index (Phi) is 7.97. The van der Waals surface area contributed by atoms with Crippen molar-refractivity contribution in [1.82, 2.24) is 5.32 Å². The van der Waals surface area contributed by atoms with Crippen molar-refractivity contribution in [2.24, 2.45) is 0 Å². The molecule has 0 radical (unpaired) electrons. The van der Waals surface area contributed by atoms with Gasteiger partial charge >= 0.3 is 0 Å². The summed E-state index contributed by atoms with van der Waals surface area (Å²) in [5, 5.41) is 4.02. The summed E-state index contributed by atoms with van der Waals surface area (Å²) in [7, 11) is 0. The zero-order chi connectivity index (χ0) is 17.4. The molecule has 24 heavy (non-hydrogen) atoms. The zero-order valence-corrected chi connectivity index (χ0v) is 16.0. The average molecular weight is 382 g/mol. The van der Waals surface area contributed by atoms with Crippen LogP contribution in [-0.2, 0) is 17.0 Å². The van der Waals surface area contributed by atoms with E-state index in [1.165, 1.54) is 11.1 Å². The molecule has 0 spiro atoms. The van der Waals surface area contributed by atoms with Crippen molar-refractivity contribution in [1.29, 1.82) is 0 Å². The third kappa shape index (κ3) is 6.76. The summed E-state index contributed by atoms with van der Waals surface area (Å²) in [4.78, 5) is 11.9. The normalized spacial score (nSPS) is 10.6. The number of amides is 1. The number of nitrogens with one attached hydrogen (secondary N) is 1. The third-order valence-corrected chi connectivity index (χ3v) is 5.31. The summed E-state index contributed by atoms with van der Waals surface area (Å²) < 4.78 is 0. The van der Waals surface area contributed by atoms with E-state index >= 15 is 0 Å². The highest BCUT2D eigenvalue weighted by molar-refractivity contribution is 7.98. The second kappa shape index (κ2) is 9.97. The van der Waals surface area contributed by atoms with Crippen molar-refractivity contribution >= 4 is 40.9 Å². The van der Waals surface area contributed by atoms with Crippen LogP contribution in [-0.4, -0.2) is 18.2 Å². The van der Waals surface area contributed by atoms with E-state index in [-0.39, 0.29) is 5.91 Å². The predicted octanol–water partition coefficient (Wildman–Crippen LogP) is 5.28. The van der Waals surface area contributed by atoms with Gasteiger partial charge in [0.05, 0.1) is 10.0 Å². The van der Waals surface area contributed by atoms with Gasteiger partial charge < -0.3 is 5.32 Å². The Bertz CT molecular complexity index is 691. The van der Waals surface area contributed by atoms with Crippen molar-refractivity contribution in [3.05, 3.63) is 69.2 Å². The van der Waals surface area contributed by atoms with Gasteiger partial charge in [0.15, 0.2) is 0 Å². The molecule has 0 heterocycles. The fourth-order valence-corrected chi connectivity index (χ4v) is 3.42. The first-order chi connectivity index (χ1) is 11.5. The molecule has 0 saturated carbocycles. The third-order valence-electron chi connectivity index (χ3n) is 3.54. The minimum atomic E-state index is 0.0669. The smallest absolute Gasteiger partial charge is 0.220 e. The van der Waals surface area contributed by atoms with Crippen molar-refractivity contribution < 1.29 is 4.79 Å². The maximum absolute atomic E-state index is 11.9. The molecule has 5 heteroatoms. The Morgan fingerprint density at radius 1 is 1.08 bits per heavy atom. The molecule has 1 N–H and O–H groups in total. The summed E-state index contributed by atoms with van der Waals surface area (Å²) in [6.45, 7) is 2.79. The number of benzene rings is 2. The van der Waals surface area contributed by atoms with Crippen LogP contribution < -0.4 is 5.32 Å². The fourth-order valence-electron chi connectivity index (χ4n) is 2.30. The molecule has 2 aromatic carbocycles. The van der Waals surface area contributed by atoms with Crippen molar-refractivity contribution in [3.63, 3.8) is 0 Å². The fraction of sp³-hybridized carbons (Fsp3) is 0.316. The molecule has 1 amide bonds. The highest BCUT2D eigenvalue weighted by Crippen LogP contribution is 2.23. The largest absolute Gasteiger partial charge is 0.355 e. The van der Waals surface area contributed by atoms with Crippen LogP contribution in [0.4, 0.5) is 0 Å². The Morgan fingerprint density at radius 2 is 1.92 bits per heavy atom. The molecule has 0 fully saturated rings. The molecule has 0 aliphatic heterocycles. The molecule has 0 aromatic heterocycles. The molecule has 128 valence electrons. The van der Waals surface area contributed by atoms with Gasteiger partial charge in [0, 0.05) is 24.5 Å². The number of carbonyl (C=O) groups is 1. The molecule has 0 atom stereocenters. The Balaban J connectivity index is 1.60. The lowest BCUT2D eigenvalue weighted by atomic mass is 10.1. The maximum Gasteiger partial charge on any atom is 0.220 e. The number of carbonyl (C=O) groups excluding carboxylic acids is 1. The van der Waals surface area contributed by atoms with E-state index in [1.54, 1.807) is 6.07 Å². The van der Waals surface area contributed by atoms with Crippen LogP contribution in [0.5, 0.6) is 0 Å². The van der Waals surface area contributed by atoms with E-state index in [1.807, 2.05) is 23.9 Å². The van der Waals surface area contributed by atoms with Crippen molar-refractivity contribution in [2.45, 2.75) is 25.5 Å². The molecule has 2 rings (SSSR count). The van der Waals surface area contributed by atoms with Gasteiger partial charge in [0.25, 0.3) is 0 Å². The van der Waals surface area contributed by atoms with Gasteiger partial charge in [-0.2, -0.15) is 11.8 Å². The molecule has 0 aliphatic carbocycles. The molecular formula is C19H21Cl2NOS. The molecule has 0 unspecified atom stereocenters. The minimum absolute atomic E-state index is 0.0669. The Hall–Kier alpha value is -1.16. The molecule has 2 aromatic rings. The topological polar surface area (TPSA) is 29.1 Å². The summed E-state index contributed by atoms with van der Waals surface area (Å²) in [5.41, 5.74) is 3.63. The highest BCUT2D eigenvalue weighted by Gasteiger charge is 2.04. The summed E-state index contributed by atoms with van der Waals surface area (Å²) >= 11 is 13.7. The molecular weight excluding hydrogens is 361 g/mol. The first-order valence-corrected chi connectivity index (χ1v) is 9.79. The van der Waals surface area contributed by atoms with Crippen molar-refractivity contribution in [3.8, 4) is 0 Å². The molecule has 0 saturated heterocycles. The van der Waals surface area contributed by atoms with Crippen LogP contribution in [0.3, 0.4) is 0 Å².